The molecule has 0 unspecified atom stereocenters. The van der Waals surface area contributed by atoms with Crippen molar-refractivity contribution in [2.45, 2.75) is 31.0 Å². The van der Waals surface area contributed by atoms with E-state index in [0.717, 1.165) is 29.1 Å². The highest BCUT2D eigenvalue weighted by molar-refractivity contribution is 7.98. The molecule has 0 N–H and O–H groups in total. The predicted octanol–water partition coefficient (Wildman–Crippen LogP) is 3.99. The van der Waals surface area contributed by atoms with Crippen molar-refractivity contribution >= 4 is 17.7 Å². The molecule has 1 aliphatic heterocycles. The zero-order chi connectivity index (χ0) is 24.2. The van der Waals surface area contributed by atoms with Crippen LogP contribution in [-0.2, 0) is 12.3 Å². The van der Waals surface area contributed by atoms with Crippen LogP contribution in [0.1, 0.15) is 33.5 Å². The topological polar surface area (TPSA) is 101 Å². The van der Waals surface area contributed by atoms with Gasteiger partial charge in [0.05, 0.1) is 17.9 Å². The highest BCUT2D eigenvalue weighted by Gasteiger charge is 2.25. The number of aromatic nitrogens is 4. The molecule has 35 heavy (non-hydrogen) atoms. The fourth-order valence-electron chi connectivity index (χ4n) is 4.03. The first-order chi connectivity index (χ1) is 17.1. The quantitative estimate of drug-likeness (QED) is 0.356. The van der Waals surface area contributed by atoms with Gasteiger partial charge in [0.15, 0.2) is 5.82 Å². The van der Waals surface area contributed by atoms with Gasteiger partial charge in [0.1, 0.15) is 0 Å². The van der Waals surface area contributed by atoms with Gasteiger partial charge in [-0.2, -0.15) is 9.97 Å². The molecular formula is C25H26N6O3S. The fourth-order valence-corrected chi connectivity index (χ4v) is 4.91. The molecule has 0 atom stereocenters. The lowest BCUT2D eigenvalue weighted by Gasteiger charge is -2.34. The Bertz CT molecular complexity index is 1310. The standard InChI is InChI=1S/C25H26N6O3S/c1-17-7-3-4-8-19(17)24-27-22(33-29-24)15-30-11-13-31(14-12-30)25(32)20-9-5-6-10-21(20)35-16-23-26-18(2)28-34-23/h3-10H,11-16H2,1-2H3. The van der Waals surface area contributed by atoms with Crippen molar-refractivity contribution in [2.75, 3.05) is 26.2 Å². The minimum absolute atomic E-state index is 0.0362. The van der Waals surface area contributed by atoms with E-state index in [-0.39, 0.29) is 5.91 Å². The monoisotopic (exact) mass is 490 g/mol. The number of carbonyl (C=O) groups excluding carboxylic acids is 1. The van der Waals surface area contributed by atoms with Gasteiger partial charge in [0, 0.05) is 36.6 Å². The van der Waals surface area contributed by atoms with Gasteiger partial charge in [-0.15, -0.1) is 11.8 Å². The van der Waals surface area contributed by atoms with Crippen LogP contribution in [0.4, 0.5) is 0 Å². The van der Waals surface area contributed by atoms with E-state index in [1.54, 1.807) is 6.92 Å². The van der Waals surface area contributed by atoms with Crippen LogP contribution in [0.25, 0.3) is 11.4 Å². The molecule has 4 aromatic rings. The second-order valence-corrected chi connectivity index (χ2v) is 9.43. The number of aryl methyl sites for hydroxylation is 2. The van der Waals surface area contributed by atoms with E-state index < -0.39 is 0 Å². The summed E-state index contributed by atoms with van der Waals surface area (Å²) in [5, 5.41) is 7.97. The van der Waals surface area contributed by atoms with Gasteiger partial charge < -0.3 is 13.9 Å². The first kappa shape index (κ1) is 23.3. The zero-order valence-corrected chi connectivity index (χ0v) is 20.5. The van der Waals surface area contributed by atoms with Gasteiger partial charge in [0.2, 0.25) is 17.6 Å². The van der Waals surface area contributed by atoms with Crippen molar-refractivity contribution in [3.63, 3.8) is 0 Å². The summed E-state index contributed by atoms with van der Waals surface area (Å²) in [6.07, 6.45) is 0. The third-order valence-electron chi connectivity index (χ3n) is 5.91. The maximum atomic E-state index is 13.3. The van der Waals surface area contributed by atoms with Crippen LogP contribution in [0.2, 0.25) is 0 Å². The molecule has 0 radical (unpaired) electrons. The van der Waals surface area contributed by atoms with Crippen LogP contribution in [0.15, 0.2) is 62.5 Å². The minimum atomic E-state index is 0.0362. The molecule has 0 saturated carbocycles. The highest BCUT2D eigenvalue weighted by atomic mass is 32.2. The number of carbonyl (C=O) groups is 1. The van der Waals surface area contributed by atoms with E-state index in [0.29, 0.717) is 54.4 Å². The molecule has 1 amide bonds. The number of hydrogen-bond donors (Lipinski definition) is 0. The molecule has 2 aromatic carbocycles. The Kier molecular flexibility index (Phi) is 6.91. The Balaban J connectivity index is 1.17. The number of nitrogens with zero attached hydrogens (tertiary/aromatic N) is 6. The van der Waals surface area contributed by atoms with Gasteiger partial charge in [-0.05, 0) is 31.5 Å². The molecular weight excluding hydrogens is 464 g/mol. The van der Waals surface area contributed by atoms with Gasteiger partial charge >= 0.3 is 0 Å². The van der Waals surface area contributed by atoms with Crippen LogP contribution in [-0.4, -0.2) is 62.2 Å². The molecule has 5 rings (SSSR count). The van der Waals surface area contributed by atoms with Crippen molar-refractivity contribution in [1.29, 1.82) is 0 Å². The number of benzene rings is 2. The highest BCUT2D eigenvalue weighted by Crippen LogP contribution is 2.27. The lowest BCUT2D eigenvalue weighted by molar-refractivity contribution is 0.0611. The van der Waals surface area contributed by atoms with Crippen LogP contribution in [0.3, 0.4) is 0 Å². The van der Waals surface area contributed by atoms with Gasteiger partial charge in [0.25, 0.3) is 5.91 Å². The minimum Gasteiger partial charge on any atom is -0.338 e. The summed E-state index contributed by atoms with van der Waals surface area (Å²) in [5.41, 5.74) is 2.78. The van der Waals surface area contributed by atoms with Crippen LogP contribution in [0, 0.1) is 13.8 Å². The largest absolute Gasteiger partial charge is 0.338 e. The maximum Gasteiger partial charge on any atom is 0.255 e. The lowest BCUT2D eigenvalue weighted by atomic mass is 10.1. The fraction of sp³-hybridized carbons (Fsp3) is 0.320. The number of hydrogen-bond acceptors (Lipinski definition) is 9. The van der Waals surface area contributed by atoms with Crippen molar-refractivity contribution < 1.29 is 13.8 Å². The van der Waals surface area contributed by atoms with Crippen molar-refractivity contribution in [3.8, 4) is 11.4 Å². The summed E-state index contributed by atoms with van der Waals surface area (Å²) < 4.78 is 10.7. The van der Waals surface area contributed by atoms with Crippen LogP contribution in [0.5, 0.6) is 0 Å². The molecule has 10 heteroatoms. The number of amides is 1. The third kappa shape index (κ3) is 5.44. The van der Waals surface area contributed by atoms with Gasteiger partial charge in [-0.1, -0.05) is 46.7 Å². The van der Waals surface area contributed by atoms with E-state index in [4.69, 9.17) is 9.05 Å². The van der Waals surface area contributed by atoms with Crippen molar-refractivity contribution in [3.05, 3.63) is 77.3 Å². The summed E-state index contributed by atoms with van der Waals surface area (Å²) in [4.78, 5) is 27.2. The molecule has 0 spiro atoms. The molecule has 1 aliphatic rings. The second-order valence-electron chi connectivity index (χ2n) is 8.42. The zero-order valence-electron chi connectivity index (χ0n) is 19.7. The predicted molar refractivity (Wildman–Crippen MR) is 131 cm³/mol. The van der Waals surface area contributed by atoms with Crippen molar-refractivity contribution in [2.24, 2.45) is 0 Å². The number of piperazine rings is 1. The smallest absolute Gasteiger partial charge is 0.255 e. The Morgan fingerprint density at radius 2 is 1.66 bits per heavy atom. The average Bonchev–Trinajstić information content (AvgIpc) is 3.52. The number of thioether (sulfide) groups is 1. The molecule has 0 aliphatic carbocycles. The van der Waals surface area contributed by atoms with Crippen LogP contribution >= 0.6 is 11.8 Å². The first-order valence-electron chi connectivity index (χ1n) is 11.5. The SMILES string of the molecule is Cc1noc(CSc2ccccc2C(=O)N2CCN(Cc3nc(-c4ccccc4C)no3)CC2)n1. The average molecular weight is 491 g/mol. The van der Waals surface area contributed by atoms with E-state index in [9.17, 15) is 4.79 Å². The van der Waals surface area contributed by atoms with E-state index >= 15 is 0 Å². The summed E-state index contributed by atoms with van der Waals surface area (Å²) in [7, 11) is 0. The summed E-state index contributed by atoms with van der Waals surface area (Å²) in [6.45, 7) is 7.14. The van der Waals surface area contributed by atoms with Gasteiger partial charge in [-0.25, -0.2) is 0 Å². The summed E-state index contributed by atoms with van der Waals surface area (Å²) in [5.74, 6) is 2.91. The summed E-state index contributed by atoms with van der Waals surface area (Å²) in [6, 6.07) is 15.7. The normalized spacial score (nSPS) is 14.4. The number of rotatable bonds is 7. The molecule has 180 valence electrons. The Morgan fingerprint density at radius 1 is 0.914 bits per heavy atom. The van der Waals surface area contributed by atoms with Crippen LogP contribution < -0.4 is 0 Å². The molecule has 1 saturated heterocycles. The summed E-state index contributed by atoms with van der Waals surface area (Å²) >= 11 is 1.53. The molecule has 0 bridgehead atoms. The molecule has 3 heterocycles. The second kappa shape index (κ2) is 10.4. The van der Waals surface area contributed by atoms with Gasteiger partial charge in [-0.3, -0.25) is 9.69 Å². The molecule has 1 fully saturated rings. The third-order valence-corrected chi connectivity index (χ3v) is 6.97. The molecule has 2 aromatic heterocycles. The van der Waals surface area contributed by atoms with E-state index in [1.807, 2.05) is 60.4 Å². The Labute approximate surface area is 207 Å². The van der Waals surface area contributed by atoms with Crippen molar-refractivity contribution in [1.82, 2.24) is 30.1 Å². The maximum absolute atomic E-state index is 13.3. The van der Waals surface area contributed by atoms with E-state index in [1.165, 1.54) is 11.8 Å². The first-order valence-corrected chi connectivity index (χ1v) is 12.5. The van der Waals surface area contributed by atoms with E-state index in [2.05, 4.69) is 25.2 Å². The Morgan fingerprint density at radius 3 is 2.43 bits per heavy atom. The molecule has 9 nitrogen and oxygen atoms in total. The lowest BCUT2D eigenvalue weighted by Crippen LogP contribution is -2.48. The Hall–Kier alpha value is -3.50.